The van der Waals surface area contributed by atoms with Gasteiger partial charge in [0.15, 0.2) is 0 Å². The first kappa shape index (κ1) is 11.4. The second-order valence-electron chi connectivity index (χ2n) is 4.56. The zero-order chi connectivity index (χ0) is 12.7. The molecule has 1 aromatic rings. The molecule has 3 rings (SSSR count). The minimum atomic E-state index is -0.513. The summed E-state index contributed by atoms with van der Waals surface area (Å²) in [4.78, 5) is 36.9. The van der Waals surface area contributed by atoms with Crippen LogP contribution in [0.3, 0.4) is 0 Å². The van der Waals surface area contributed by atoms with E-state index in [1.54, 1.807) is 4.90 Å². The molecule has 1 atom stereocenters. The van der Waals surface area contributed by atoms with Gasteiger partial charge in [0.05, 0.1) is 5.56 Å². The van der Waals surface area contributed by atoms with Crippen molar-refractivity contribution in [3.8, 4) is 0 Å². The Morgan fingerprint density at radius 2 is 2.11 bits per heavy atom. The van der Waals surface area contributed by atoms with E-state index in [1.165, 1.54) is 11.3 Å². The third kappa shape index (κ3) is 1.73. The maximum Gasteiger partial charge on any atom is 0.256 e. The molecule has 0 saturated carbocycles. The van der Waals surface area contributed by atoms with Gasteiger partial charge < -0.3 is 4.90 Å². The SMILES string of the molecule is O=C1CCCC(N2Cc3cscc3C2=O)C(=O)N1. The van der Waals surface area contributed by atoms with Crippen molar-refractivity contribution in [2.45, 2.75) is 31.8 Å². The molecule has 1 N–H and O–H groups in total. The second-order valence-corrected chi connectivity index (χ2v) is 5.31. The molecule has 2 aliphatic rings. The van der Waals surface area contributed by atoms with E-state index in [0.29, 0.717) is 31.4 Å². The highest BCUT2D eigenvalue weighted by Gasteiger charge is 2.38. The van der Waals surface area contributed by atoms with Crippen molar-refractivity contribution in [2.24, 2.45) is 0 Å². The lowest BCUT2D eigenvalue weighted by molar-refractivity contribution is -0.132. The summed E-state index contributed by atoms with van der Waals surface area (Å²) in [6.07, 6.45) is 1.54. The molecule has 1 aromatic heterocycles. The molecule has 5 nitrogen and oxygen atoms in total. The van der Waals surface area contributed by atoms with E-state index in [2.05, 4.69) is 5.32 Å². The van der Waals surface area contributed by atoms with Crippen LogP contribution in [0.5, 0.6) is 0 Å². The van der Waals surface area contributed by atoms with Crippen molar-refractivity contribution in [1.29, 1.82) is 0 Å². The van der Waals surface area contributed by atoms with Crippen molar-refractivity contribution in [3.05, 3.63) is 21.9 Å². The zero-order valence-corrected chi connectivity index (χ0v) is 10.5. The largest absolute Gasteiger partial charge is 0.322 e. The zero-order valence-electron chi connectivity index (χ0n) is 9.64. The van der Waals surface area contributed by atoms with E-state index in [1.807, 2.05) is 10.8 Å². The number of nitrogens with one attached hydrogen (secondary N) is 1. The topological polar surface area (TPSA) is 66.5 Å². The number of hydrogen-bond acceptors (Lipinski definition) is 4. The Bertz CT molecular complexity index is 537. The summed E-state index contributed by atoms with van der Waals surface area (Å²) >= 11 is 1.50. The molecular formula is C12H12N2O3S. The minimum Gasteiger partial charge on any atom is -0.322 e. The van der Waals surface area contributed by atoms with Crippen LogP contribution in [-0.2, 0) is 16.1 Å². The second kappa shape index (κ2) is 4.20. The van der Waals surface area contributed by atoms with Gasteiger partial charge in [-0.25, -0.2) is 0 Å². The van der Waals surface area contributed by atoms with Crippen molar-refractivity contribution < 1.29 is 14.4 Å². The van der Waals surface area contributed by atoms with Gasteiger partial charge in [-0.05, 0) is 23.8 Å². The molecule has 0 aliphatic carbocycles. The fraction of sp³-hybridized carbons (Fsp3) is 0.417. The number of hydrogen-bond donors (Lipinski definition) is 1. The van der Waals surface area contributed by atoms with E-state index in [4.69, 9.17) is 0 Å². The number of thiophene rings is 1. The van der Waals surface area contributed by atoms with Gasteiger partial charge in [-0.3, -0.25) is 19.7 Å². The monoisotopic (exact) mass is 264 g/mol. The lowest BCUT2D eigenvalue weighted by Crippen LogP contribution is -2.46. The fourth-order valence-electron chi connectivity index (χ4n) is 2.46. The molecule has 0 bridgehead atoms. The quantitative estimate of drug-likeness (QED) is 0.766. The summed E-state index contributed by atoms with van der Waals surface area (Å²) in [6.45, 7) is 0.476. The minimum absolute atomic E-state index is 0.0965. The van der Waals surface area contributed by atoms with E-state index in [9.17, 15) is 14.4 Å². The molecule has 18 heavy (non-hydrogen) atoms. The Morgan fingerprint density at radius 1 is 1.28 bits per heavy atom. The van der Waals surface area contributed by atoms with Crippen LogP contribution in [0.1, 0.15) is 35.2 Å². The van der Waals surface area contributed by atoms with Crippen molar-refractivity contribution in [3.63, 3.8) is 0 Å². The maximum absolute atomic E-state index is 12.2. The van der Waals surface area contributed by atoms with Gasteiger partial charge in [-0.15, -0.1) is 0 Å². The van der Waals surface area contributed by atoms with Crippen molar-refractivity contribution in [1.82, 2.24) is 10.2 Å². The van der Waals surface area contributed by atoms with Crippen LogP contribution >= 0.6 is 11.3 Å². The Hall–Kier alpha value is -1.69. The third-order valence-corrected chi connectivity index (χ3v) is 4.19. The fourth-order valence-corrected chi connectivity index (χ4v) is 3.29. The van der Waals surface area contributed by atoms with E-state index >= 15 is 0 Å². The first-order chi connectivity index (χ1) is 8.66. The average Bonchev–Trinajstić information content (AvgIpc) is 2.84. The van der Waals surface area contributed by atoms with Gasteiger partial charge in [-0.2, -0.15) is 11.3 Å². The molecule has 94 valence electrons. The number of fused-ring (bicyclic) bond motifs is 1. The van der Waals surface area contributed by atoms with Crippen LogP contribution in [0.15, 0.2) is 10.8 Å². The van der Waals surface area contributed by atoms with Gasteiger partial charge >= 0.3 is 0 Å². The summed E-state index contributed by atoms with van der Waals surface area (Å²) in [5, 5.41) is 6.09. The van der Waals surface area contributed by atoms with Gasteiger partial charge in [0, 0.05) is 18.3 Å². The molecule has 1 saturated heterocycles. The molecule has 2 aliphatic heterocycles. The summed E-state index contributed by atoms with van der Waals surface area (Å²) in [5.41, 5.74) is 1.68. The lowest BCUT2D eigenvalue weighted by Gasteiger charge is -2.24. The third-order valence-electron chi connectivity index (χ3n) is 3.40. The highest BCUT2D eigenvalue weighted by molar-refractivity contribution is 7.08. The standard InChI is InChI=1S/C12H12N2O3S/c15-10-3-1-2-9(11(16)13-10)14-4-7-5-18-6-8(7)12(14)17/h5-6,9H,1-4H2,(H,13,15,16). The molecule has 3 amide bonds. The highest BCUT2D eigenvalue weighted by Crippen LogP contribution is 2.29. The number of rotatable bonds is 1. The predicted molar refractivity (Wildman–Crippen MR) is 65.0 cm³/mol. The summed E-state index contributed by atoms with van der Waals surface area (Å²) < 4.78 is 0. The van der Waals surface area contributed by atoms with E-state index in [0.717, 1.165) is 5.56 Å². The van der Waals surface area contributed by atoms with E-state index in [-0.39, 0.29) is 17.7 Å². The Kier molecular flexibility index (Phi) is 2.66. The normalized spacial score (nSPS) is 23.9. The Morgan fingerprint density at radius 3 is 2.89 bits per heavy atom. The number of nitrogens with zero attached hydrogens (tertiary/aromatic N) is 1. The lowest BCUT2D eigenvalue weighted by atomic mass is 10.1. The van der Waals surface area contributed by atoms with Gasteiger partial charge in [0.25, 0.3) is 5.91 Å². The molecule has 1 fully saturated rings. The number of amides is 3. The summed E-state index contributed by atoms with van der Waals surface area (Å²) in [5.74, 6) is -0.691. The predicted octanol–water partition coefficient (Wildman–Crippen LogP) is 0.899. The van der Waals surface area contributed by atoms with Gasteiger partial charge in [0.1, 0.15) is 6.04 Å². The Balaban J connectivity index is 1.84. The molecule has 3 heterocycles. The molecule has 6 heteroatoms. The van der Waals surface area contributed by atoms with Crippen LogP contribution in [0.2, 0.25) is 0 Å². The van der Waals surface area contributed by atoms with E-state index < -0.39 is 6.04 Å². The first-order valence-corrected chi connectivity index (χ1v) is 6.81. The Labute approximate surface area is 108 Å². The summed E-state index contributed by atoms with van der Waals surface area (Å²) in [7, 11) is 0. The molecular weight excluding hydrogens is 252 g/mol. The van der Waals surface area contributed by atoms with Crippen LogP contribution in [0.25, 0.3) is 0 Å². The highest BCUT2D eigenvalue weighted by atomic mass is 32.1. The van der Waals surface area contributed by atoms with Crippen molar-refractivity contribution in [2.75, 3.05) is 0 Å². The summed E-state index contributed by atoms with van der Waals surface area (Å²) in [6, 6.07) is -0.513. The van der Waals surface area contributed by atoms with Gasteiger partial charge in [0.2, 0.25) is 11.8 Å². The van der Waals surface area contributed by atoms with Crippen LogP contribution < -0.4 is 5.32 Å². The van der Waals surface area contributed by atoms with Crippen LogP contribution in [0.4, 0.5) is 0 Å². The van der Waals surface area contributed by atoms with Crippen molar-refractivity contribution >= 4 is 29.1 Å². The molecule has 1 unspecified atom stereocenters. The van der Waals surface area contributed by atoms with Crippen LogP contribution in [0, 0.1) is 0 Å². The number of carbonyl (C=O) groups is 3. The average molecular weight is 264 g/mol. The smallest absolute Gasteiger partial charge is 0.256 e. The molecule has 0 spiro atoms. The first-order valence-electron chi connectivity index (χ1n) is 5.86. The number of carbonyl (C=O) groups excluding carboxylic acids is 3. The van der Waals surface area contributed by atoms with Gasteiger partial charge in [-0.1, -0.05) is 0 Å². The van der Waals surface area contributed by atoms with Crippen LogP contribution in [-0.4, -0.2) is 28.7 Å². The maximum atomic E-state index is 12.2. The molecule has 0 aromatic carbocycles. The molecule has 0 radical (unpaired) electrons. The number of imide groups is 1.